The molecule has 0 radical (unpaired) electrons. The van der Waals surface area contributed by atoms with E-state index >= 15 is 0 Å². The van der Waals surface area contributed by atoms with Gasteiger partial charge < -0.3 is 9.47 Å². The molecule has 0 saturated heterocycles. The first-order chi connectivity index (χ1) is 27.4. The van der Waals surface area contributed by atoms with Crippen LogP contribution in [-0.4, -0.2) is 13.2 Å². The molecule has 0 aliphatic heterocycles. The van der Waals surface area contributed by atoms with Gasteiger partial charge in [-0.15, -0.1) is 35.5 Å². The van der Waals surface area contributed by atoms with Crippen molar-refractivity contribution in [2.45, 2.75) is 107 Å². The van der Waals surface area contributed by atoms with Gasteiger partial charge in [0.05, 0.1) is 0 Å². The fraction of sp³-hybridized carbons (Fsp3) is 0.333. The van der Waals surface area contributed by atoms with E-state index in [9.17, 15) is 0 Å². The summed E-state index contributed by atoms with van der Waals surface area (Å²) >= 11 is 0. The third kappa shape index (κ3) is 9.34. The van der Waals surface area contributed by atoms with Crippen LogP contribution >= 0.6 is 0 Å². The lowest BCUT2D eigenvalue weighted by Crippen LogP contribution is -2.21. The molecule has 5 aromatic carbocycles. The van der Waals surface area contributed by atoms with Gasteiger partial charge in [-0.3, -0.25) is 0 Å². The van der Waals surface area contributed by atoms with Gasteiger partial charge in [0, 0.05) is 23.7 Å². The monoisotopic (exact) mass is 740 g/mol. The van der Waals surface area contributed by atoms with E-state index in [1.54, 1.807) is 13.8 Å². The minimum Gasteiger partial charge on any atom is -0.477 e. The molecule has 0 amide bonds. The van der Waals surface area contributed by atoms with Crippen molar-refractivity contribution in [1.29, 1.82) is 0 Å². The molecule has 7 rings (SSSR count). The van der Waals surface area contributed by atoms with Crippen LogP contribution in [0.5, 0.6) is 11.5 Å². The minimum atomic E-state index is -0.0822. The third-order valence-electron chi connectivity index (χ3n) is 9.97. The maximum Gasteiger partial charge on any atom is 0.163 e. The van der Waals surface area contributed by atoms with Gasteiger partial charge in [0.2, 0.25) is 0 Å². The van der Waals surface area contributed by atoms with Crippen molar-refractivity contribution in [3.05, 3.63) is 119 Å². The lowest BCUT2D eigenvalue weighted by molar-refractivity contribution is 0.315. The quantitative estimate of drug-likeness (QED) is 0.161. The van der Waals surface area contributed by atoms with E-state index in [4.69, 9.17) is 9.47 Å². The summed E-state index contributed by atoms with van der Waals surface area (Å²) in [6.07, 6.45) is 1.68. The van der Waals surface area contributed by atoms with Crippen molar-refractivity contribution in [2.24, 2.45) is 0 Å². The van der Waals surface area contributed by atoms with E-state index in [0.717, 1.165) is 23.6 Å². The Kier molecular flexibility index (Phi) is 17.5. The fourth-order valence-corrected chi connectivity index (χ4v) is 7.35. The molecule has 0 spiro atoms. The highest BCUT2D eigenvalue weighted by molar-refractivity contribution is 5.90. The van der Waals surface area contributed by atoms with Crippen LogP contribution in [0.3, 0.4) is 0 Å². The Balaban J connectivity index is 0.000000282. The molecule has 2 aliphatic rings. The maximum absolute atomic E-state index is 5.67. The molecule has 2 heteroatoms. The number of hydrogen-bond acceptors (Lipinski definition) is 2. The second-order valence-electron chi connectivity index (χ2n) is 13.0. The summed E-state index contributed by atoms with van der Waals surface area (Å²) in [6.45, 7) is 24.9. The van der Waals surface area contributed by atoms with Gasteiger partial charge in [0.1, 0.15) is 13.2 Å². The Hall–Kier alpha value is -5.80. The third-order valence-corrected chi connectivity index (χ3v) is 9.97. The smallest absolute Gasteiger partial charge is 0.163 e. The molecule has 2 unspecified atom stereocenters. The van der Waals surface area contributed by atoms with Crippen LogP contribution in [0.25, 0.3) is 33.0 Å². The second kappa shape index (κ2) is 21.9. The molecule has 0 fully saturated rings. The molecule has 0 N–H and O–H groups in total. The lowest BCUT2D eigenvalue weighted by atomic mass is 9.75. The highest BCUT2D eigenvalue weighted by Gasteiger charge is 2.44. The average Bonchev–Trinajstić information content (AvgIpc) is 3.65. The van der Waals surface area contributed by atoms with E-state index in [1.165, 1.54) is 44.5 Å². The summed E-state index contributed by atoms with van der Waals surface area (Å²) in [6, 6.07) is 34.7. The van der Waals surface area contributed by atoms with Gasteiger partial charge in [0.25, 0.3) is 0 Å². The molecule has 2 atom stereocenters. The molecule has 0 saturated carbocycles. The van der Waals surface area contributed by atoms with Crippen molar-refractivity contribution >= 4 is 10.8 Å². The first kappa shape index (κ1) is 44.6. The normalized spacial score (nSPS) is 15.4. The zero-order valence-electron chi connectivity index (χ0n) is 35.9. The summed E-state index contributed by atoms with van der Waals surface area (Å²) in [4.78, 5) is 0. The Morgan fingerprint density at radius 2 is 0.750 bits per heavy atom. The van der Waals surface area contributed by atoms with Gasteiger partial charge in [-0.05, 0) is 107 Å². The Morgan fingerprint density at radius 1 is 0.411 bits per heavy atom. The van der Waals surface area contributed by atoms with Crippen molar-refractivity contribution in [2.75, 3.05) is 13.2 Å². The molecule has 5 aromatic rings. The maximum atomic E-state index is 5.67. The summed E-state index contributed by atoms with van der Waals surface area (Å²) < 4.78 is 11.3. The summed E-state index contributed by atoms with van der Waals surface area (Å²) in [5.74, 6) is 25.8. The molecule has 0 heterocycles. The number of ether oxygens (including phenoxy) is 2. The molecular formula is C54H60O2. The Morgan fingerprint density at radius 3 is 1.11 bits per heavy atom. The number of rotatable bonds is 6. The minimum absolute atomic E-state index is 0.0822. The fourth-order valence-electron chi connectivity index (χ4n) is 7.35. The average molecular weight is 741 g/mol. The standard InChI is InChI=1S/C30H26.C18H16O2.3C2H6/c1-5-7-17-29(3)25-15-11-9-13-21(25)23-20-28-24(19-27(23)29)22-14-10-12-16-26(22)30(28,4)18-8-6-2;1-3-5-11-19-17-13-15-9-7-8-10-16(15)14-18(17)20-12-6-4-2;3*1-2/h9-16,19-20H,17-18H2,1-4H3;7-10,13-14H,11-12H2,1-2H3;3*1-2H3. The van der Waals surface area contributed by atoms with Gasteiger partial charge in [-0.2, -0.15) is 0 Å². The highest BCUT2D eigenvalue weighted by Crippen LogP contribution is 2.57. The number of hydrogen-bond donors (Lipinski definition) is 0. The van der Waals surface area contributed by atoms with Crippen LogP contribution in [0.1, 0.15) is 118 Å². The zero-order chi connectivity index (χ0) is 41.1. The van der Waals surface area contributed by atoms with E-state index in [-0.39, 0.29) is 10.8 Å². The highest BCUT2D eigenvalue weighted by atomic mass is 16.5. The van der Waals surface area contributed by atoms with Gasteiger partial charge in [0.15, 0.2) is 11.5 Å². The topological polar surface area (TPSA) is 18.5 Å². The van der Waals surface area contributed by atoms with Crippen LogP contribution in [-0.2, 0) is 10.8 Å². The van der Waals surface area contributed by atoms with E-state index in [0.29, 0.717) is 24.7 Å². The predicted molar refractivity (Wildman–Crippen MR) is 242 cm³/mol. The zero-order valence-corrected chi connectivity index (χ0v) is 35.9. The number of fused-ring (bicyclic) bond motifs is 7. The largest absolute Gasteiger partial charge is 0.477 e. The summed E-state index contributed by atoms with van der Waals surface area (Å²) in [7, 11) is 0. The van der Waals surface area contributed by atoms with Crippen LogP contribution < -0.4 is 9.47 Å². The second-order valence-corrected chi connectivity index (χ2v) is 13.0. The first-order valence-electron chi connectivity index (χ1n) is 20.1. The van der Waals surface area contributed by atoms with Crippen molar-refractivity contribution in [3.8, 4) is 81.1 Å². The van der Waals surface area contributed by atoms with Crippen LogP contribution in [0.4, 0.5) is 0 Å². The van der Waals surface area contributed by atoms with Gasteiger partial charge >= 0.3 is 0 Å². The van der Waals surface area contributed by atoms with Gasteiger partial charge in [-0.25, -0.2) is 0 Å². The molecular weight excluding hydrogens is 681 g/mol. The molecule has 288 valence electrons. The van der Waals surface area contributed by atoms with Crippen molar-refractivity contribution < 1.29 is 9.47 Å². The van der Waals surface area contributed by atoms with Crippen molar-refractivity contribution in [3.63, 3.8) is 0 Å². The SMILES string of the molecule is CC.CC.CC.CC#CCC1(C)c2ccccc2-c2cc3c(cc21)-c1ccccc1C3(C)CC#CC.CC#CCOc1cc2ccccc2cc1OCC#CC. The predicted octanol–water partition coefficient (Wildman–Crippen LogP) is 13.8. The summed E-state index contributed by atoms with van der Waals surface area (Å²) in [5.41, 5.74) is 10.9. The van der Waals surface area contributed by atoms with Crippen molar-refractivity contribution in [1.82, 2.24) is 0 Å². The molecule has 0 bridgehead atoms. The van der Waals surface area contributed by atoms with Crippen LogP contribution in [0.2, 0.25) is 0 Å². The van der Waals surface area contributed by atoms with Crippen LogP contribution in [0.15, 0.2) is 97.1 Å². The summed E-state index contributed by atoms with van der Waals surface area (Å²) in [5, 5.41) is 2.22. The Labute approximate surface area is 339 Å². The first-order valence-corrected chi connectivity index (χ1v) is 20.1. The lowest BCUT2D eigenvalue weighted by Gasteiger charge is -2.27. The Bertz CT molecular complexity index is 2170. The number of benzene rings is 5. The molecule has 2 nitrogen and oxygen atoms in total. The molecule has 0 aromatic heterocycles. The van der Waals surface area contributed by atoms with E-state index in [2.05, 4.69) is 122 Å². The molecule has 2 aliphatic carbocycles. The van der Waals surface area contributed by atoms with Gasteiger partial charge in [-0.1, -0.05) is 140 Å². The van der Waals surface area contributed by atoms with E-state index in [1.807, 2.05) is 91.8 Å². The van der Waals surface area contributed by atoms with E-state index < -0.39 is 0 Å². The molecule has 56 heavy (non-hydrogen) atoms. The van der Waals surface area contributed by atoms with Crippen LogP contribution in [0, 0.1) is 47.4 Å².